The van der Waals surface area contributed by atoms with Crippen LogP contribution in [0, 0.1) is 0 Å². The maximum Gasteiger partial charge on any atom is 0.305 e. The molecular formula is C9H19NO4. The number of hydrogen-bond acceptors (Lipinski definition) is 4. The molecule has 0 radical (unpaired) electrons. The predicted molar refractivity (Wildman–Crippen MR) is 50.2 cm³/mol. The summed E-state index contributed by atoms with van der Waals surface area (Å²) >= 11 is 0. The van der Waals surface area contributed by atoms with Crippen LogP contribution in [0.4, 0.5) is 0 Å². The zero-order valence-electron chi connectivity index (χ0n) is 9.49. The largest absolute Gasteiger partial charge is 0.550 e. The van der Waals surface area contributed by atoms with Crippen molar-refractivity contribution in [3.8, 4) is 0 Å². The SMILES string of the molecule is COC(=O)CCC(=O)[O-].C[N+](C)(C)C. The Morgan fingerprint density at radius 1 is 1.14 bits per heavy atom. The van der Waals surface area contributed by atoms with E-state index in [0.717, 1.165) is 4.48 Å². The van der Waals surface area contributed by atoms with E-state index >= 15 is 0 Å². The Morgan fingerprint density at radius 2 is 1.50 bits per heavy atom. The molecule has 0 aliphatic carbocycles. The number of ether oxygens (including phenoxy) is 1. The molecule has 0 aromatic carbocycles. The van der Waals surface area contributed by atoms with Gasteiger partial charge in [0.05, 0.1) is 41.7 Å². The third-order valence-electron chi connectivity index (χ3n) is 0.761. The maximum absolute atomic E-state index is 10.2. The minimum atomic E-state index is -1.24. The van der Waals surface area contributed by atoms with Gasteiger partial charge >= 0.3 is 5.97 Å². The van der Waals surface area contributed by atoms with Gasteiger partial charge in [0.2, 0.25) is 0 Å². The van der Waals surface area contributed by atoms with Crippen LogP contribution in [0.1, 0.15) is 12.8 Å². The molecule has 14 heavy (non-hydrogen) atoms. The van der Waals surface area contributed by atoms with Crippen molar-refractivity contribution >= 4 is 11.9 Å². The Balaban J connectivity index is 0. The minimum Gasteiger partial charge on any atom is -0.550 e. The molecule has 0 saturated carbocycles. The molecule has 0 aliphatic rings. The number of methoxy groups -OCH3 is 1. The van der Waals surface area contributed by atoms with Gasteiger partial charge in [-0.25, -0.2) is 0 Å². The molecule has 0 atom stereocenters. The average molecular weight is 205 g/mol. The van der Waals surface area contributed by atoms with Crippen molar-refractivity contribution in [3.05, 3.63) is 0 Å². The summed E-state index contributed by atoms with van der Waals surface area (Å²) < 4.78 is 5.17. The standard InChI is InChI=1S/C5H8O4.C4H12N/c1-9-5(8)3-2-4(6)7;1-5(2,3)4/h2-3H2,1H3,(H,6,7);1-4H3/q;+1/p-1. The quantitative estimate of drug-likeness (QED) is 0.438. The molecule has 0 aliphatic heterocycles. The summed E-state index contributed by atoms with van der Waals surface area (Å²) in [5.41, 5.74) is 0. The normalized spacial score (nSPS) is 9.79. The van der Waals surface area contributed by atoms with Crippen LogP contribution in [-0.2, 0) is 14.3 Å². The molecule has 0 unspecified atom stereocenters. The van der Waals surface area contributed by atoms with Crippen LogP contribution in [0.15, 0.2) is 0 Å². The van der Waals surface area contributed by atoms with Gasteiger partial charge in [0, 0.05) is 5.97 Å². The fraction of sp³-hybridized carbons (Fsp3) is 0.778. The van der Waals surface area contributed by atoms with E-state index in [0.29, 0.717) is 0 Å². The number of nitrogens with zero attached hydrogens (tertiary/aromatic N) is 1. The van der Waals surface area contributed by atoms with Gasteiger partial charge in [-0.2, -0.15) is 0 Å². The molecule has 0 spiro atoms. The molecule has 0 fully saturated rings. The van der Waals surface area contributed by atoms with Crippen molar-refractivity contribution < 1.29 is 23.9 Å². The average Bonchev–Trinajstić information content (AvgIpc) is 1.96. The Hall–Kier alpha value is -1.10. The summed E-state index contributed by atoms with van der Waals surface area (Å²) in [6, 6.07) is 0. The second-order valence-electron chi connectivity index (χ2n) is 4.13. The summed E-state index contributed by atoms with van der Waals surface area (Å²) in [4.78, 5) is 19.9. The maximum atomic E-state index is 10.2. The molecule has 5 heteroatoms. The Morgan fingerprint density at radius 3 is 1.71 bits per heavy atom. The number of carbonyl (C=O) groups excluding carboxylic acids is 2. The van der Waals surface area contributed by atoms with E-state index in [1.807, 2.05) is 0 Å². The van der Waals surface area contributed by atoms with Crippen LogP contribution in [0.5, 0.6) is 0 Å². The fourth-order valence-electron chi connectivity index (χ4n) is 0.306. The molecule has 84 valence electrons. The molecule has 0 aromatic rings. The lowest BCUT2D eigenvalue weighted by Crippen LogP contribution is -2.27. The zero-order chi connectivity index (χ0) is 11.8. The third kappa shape index (κ3) is 30.7. The Labute approximate surface area is 84.9 Å². The highest BCUT2D eigenvalue weighted by atomic mass is 16.5. The van der Waals surface area contributed by atoms with E-state index < -0.39 is 11.9 Å². The summed E-state index contributed by atoms with van der Waals surface area (Å²) in [6.45, 7) is 0. The van der Waals surface area contributed by atoms with Gasteiger partial charge in [-0.15, -0.1) is 0 Å². The van der Waals surface area contributed by atoms with Crippen LogP contribution in [0.3, 0.4) is 0 Å². The fourth-order valence-corrected chi connectivity index (χ4v) is 0.306. The molecule has 5 nitrogen and oxygen atoms in total. The van der Waals surface area contributed by atoms with Crippen molar-refractivity contribution in [2.75, 3.05) is 35.3 Å². The number of carboxylic acid groups (broad SMARTS) is 1. The van der Waals surface area contributed by atoms with Gasteiger partial charge in [-0.1, -0.05) is 0 Å². The van der Waals surface area contributed by atoms with Crippen molar-refractivity contribution in [2.24, 2.45) is 0 Å². The van der Waals surface area contributed by atoms with Crippen LogP contribution >= 0.6 is 0 Å². The lowest BCUT2D eigenvalue weighted by molar-refractivity contribution is -0.849. The van der Waals surface area contributed by atoms with E-state index in [4.69, 9.17) is 0 Å². The highest BCUT2D eigenvalue weighted by Gasteiger charge is 1.97. The number of esters is 1. The third-order valence-corrected chi connectivity index (χ3v) is 0.761. The van der Waals surface area contributed by atoms with E-state index in [2.05, 4.69) is 32.9 Å². The first-order valence-electron chi connectivity index (χ1n) is 4.22. The number of quaternary nitrogens is 1. The van der Waals surface area contributed by atoms with Crippen LogP contribution in [0.2, 0.25) is 0 Å². The van der Waals surface area contributed by atoms with Crippen LogP contribution < -0.4 is 5.11 Å². The minimum absolute atomic E-state index is 0.112. The van der Waals surface area contributed by atoms with Crippen molar-refractivity contribution in [1.29, 1.82) is 0 Å². The van der Waals surface area contributed by atoms with Crippen molar-refractivity contribution in [3.63, 3.8) is 0 Å². The summed E-state index contributed by atoms with van der Waals surface area (Å²) in [5, 5.41) is 9.70. The van der Waals surface area contributed by atoms with Gasteiger partial charge in [-0.3, -0.25) is 4.79 Å². The van der Waals surface area contributed by atoms with E-state index in [1.165, 1.54) is 7.11 Å². The summed E-state index contributed by atoms with van der Waals surface area (Å²) in [5.74, 6) is -1.76. The number of rotatable bonds is 3. The van der Waals surface area contributed by atoms with E-state index in [-0.39, 0.29) is 12.8 Å². The lowest BCUT2D eigenvalue weighted by atomic mass is 10.3. The number of aliphatic carboxylic acids is 1. The first kappa shape index (κ1) is 15.4. The topological polar surface area (TPSA) is 66.4 Å². The molecule has 0 saturated heterocycles. The molecule has 0 aromatic heterocycles. The van der Waals surface area contributed by atoms with Gasteiger partial charge in [0.15, 0.2) is 0 Å². The second-order valence-corrected chi connectivity index (χ2v) is 4.13. The molecule has 0 N–H and O–H groups in total. The summed E-state index contributed by atoms with van der Waals surface area (Å²) in [6.07, 6.45) is -0.383. The lowest BCUT2D eigenvalue weighted by Gasteiger charge is -2.14. The monoisotopic (exact) mass is 205 g/mol. The van der Waals surface area contributed by atoms with Gasteiger partial charge < -0.3 is 19.1 Å². The smallest absolute Gasteiger partial charge is 0.305 e. The van der Waals surface area contributed by atoms with E-state index in [9.17, 15) is 14.7 Å². The molecular weight excluding hydrogens is 186 g/mol. The first-order valence-corrected chi connectivity index (χ1v) is 4.22. The molecule has 0 bridgehead atoms. The van der Waals surface area contributed by atoms with Gasteiger partial charge in [0.1, 0.15) is 0 Å². The Bertz CT molecular complexity index is 178. The van der Waals surface area contributed by atoms with Gasteiger partial charge in [-0.05, 0) is 6.42 Å². The molecule has 0 rings (SSSR count). The highest BCUT2D eigenvalue weighted by Crippen LogP contribution is 1.88. The predicted octanol–water partition coefficient (Wildman–Crippen LogP) is -0.988. The van der Waals surface area contributed by atoms with E-state index in [1.54, 1.807) is 0 Å². The van der Waals surface area contributed by atoms with Crippen LogP contribution in [0.25, 0.3) is 0 Å². The first-order chi connectivity index (χ1) is 6.16. The zero-order valence-corrected chi connectivity index (χ0v) is 9.49. The van der Waals surface area contributed by atoms with Crippen LogP contribution in [-0.4, -0.2) is 51.7 Å². The highest BCUT2D eigenvalue weighted by molar-refractivity contribution is 5.75. The molecule has 0 heterocycles. The van der Waals surface area contributed by atoms with Gasteiger partial charge in [0.25, 0.3) is 0 Å². The number of carboxylic acids is 1. The number of hydrogen-bond donors (Lipinski definition) is 0. The van der Waals surface area contributed by atoms with Crippen molar-refractivity contribution in [2.45, 2.75) is 12.8 Å². The van der Waals surface area contributed by atoms with Crippen molar-refractivity contribution in [1.82, 2.24) is 0 Å². The Kier molecular flexibility index (Phi) is 8.04. The molecule has 0 amide bonds. The number of carbonyl (C=O) groups is 2. The summed E-state index contributed by atoms with van der Waals surface area (Å²) in [7, 11) is 9.71. The second kappa shape index (κ2) is 7.32.